The maximum absolute atomic E-state index is 12.4. The monoisotopic (exact) mass is 392 g/mol. The molecule has 1 atom stereocenters. The summed E-state index contributed by atoms with van der Waals surface area (Å²) in [5.74, 6) is -0.133. The Morgan fingerprint density at radius 2 is 1.85 bits per heavy atom. The van der Waals surface area contributed by atoms with Gasteiger partial charge in [0.05, 0.1) is 33.6 Å². The Labute approximate surface area is 158 Å². The van der Waals surface area contributed by atoms with Crippen LogP contribution in [0.5, 0.6) is 5.75 Å². The summed E-state index contributed by atoms with van der Waals surface area (Å²) in [5.41, 5.74) is 0.379. The van der Waals surface area contributed by atoms with Crippen LogP contribution in [-0.2, 0) is 4.74 Å². The first-order valence-electron chi connectivity index (χ1n) is 7.63. The molecule has 0 saturated heterocycles. The standard InChI is InChI=1S/C18H14Cl2N2O4/c1-9(16-21-14-6-4-3-5-11(14)17(23)22-16)26-18(24)10-7-12(19)15(25-2)13(20)8-10/h3-9H,1-2H3,(H,21,22,23)/t9-/m1/s1. The zero-order chi connectivity index (χ0) is 18.8. The lowest BCUT2D eigenvalue weighted by atomic mass is 10.2. The first kappa shape index (κ1) is 18.2. The summed E-state index contributed by atoms with van der Waals surface area (Å²) in [6.07, 6.45) is -0.778. The van der Waals surface area contributed by atoms with Crippen LogP contribution in [-0.4, -0.2) is 23.0 Å². The summed E-state index contributed by atoms with van der Waals surface area (Å²) in [7, 11) is 1.43. The number of H-pyrrole nitrogens is 1. The van der Waals surface area contributed by atoms with Gasteiger partial charge in [0.2, 0.25) is 0 Å². The van der Waals surface area contributed by atoms with Crippen LogP contribution < -0.4 is 10.3 Å². The number of para-hydroxylation sites is 1. The molecule has 0 amide bonds. The average Bonchev–Trinajstić information content (AvgIpc) is 2.61. The third-order valence-electron chi connectivity index (χ3n) is 3.74. The molecule has 26 heavy (non-hydrogen) atoms. The van der Waals surface area contributed by atoms with Gasteiger partial charge >= 0.3 is 5.97 Å². The molecule has 0 spiro atoms. The molecule has 0 aliphatic heterocycles. The summed E-state index contributed by atoms with van der Waals surface area (Å²) >= 11 is 12.1. The highest BCUT2D eigenvalue weighted by Gasteiger charge is 2.19. The van der Waals surface area contributed by atoms with Gasteiger partial charge in [0, 0.05) is 0 Å². The Kier molecular flexibility index (Phi) is 5.15. The number of ether oxygens (including phenoxy) is 2. The molecule has 0 fully saturated rings. The summed E-state index contributed by atoms with van der Waals surface area (Å²) in [6.45, 7) is 1.61. The van der Waals surface area contributed by atoms with E-state index in [1.807, 2.05) is 0 Å². The number of benzene rings is 2. The summed E-state index contributed by atoms with van der Waals surface area (Å²) < 4.78 is 10.4. The minimum atomic E-state index is -0.778. The highest BCUT2D eigenvalue weighted by molar-refractivity contribution is 6.37. The van der Waals surface area contributed by atoms with E-state index in [1.54, 1.807) is 31.2 Å². The van der Waals surface area contributed by atoms with Crippen LogP contribution in [0, 0.1) is 0 Å². The maximum atomic E-state index is 12.4. The van der Waals surface area contributed by atoms with E-state index >= 15 is 0 Å². The number of aromatic amines is 1. The van der Waals surface area contributed by atoms with Crippen molar-refractivity contribution in [3.05, 3.63) is 68.2 Å². The van der Waals surface area contributed by atoms with Gasteiger partial charge in [-0.1, -0.05) is 35.3 Å². The predicted octanol–water partition coefficient (Wildman–Crippen LogP) is 4.16. The Balaban J connectivity index is 1.87. The quantitative estimate of drug-likeness (QED) is 0.674. The van der Waals surface area contributed by atoms with E-state index in [0.29, 0.717) is 10.9 Å². The van der Waals surface area contributed by atoms with Crippen molar-refractivity contribution in [2.24, 2.45) is 0 Å². The van der Waals surface area contributed by atoms with Gasteiger partial charge in [-0.3, -0.25) is 4.79 Å². The van der Waals surface area contributed by atoms with Crippen molar-refractivity contribution < 1.29 is 14.3 Å². The molecule has 0 aliphatic rings. The number of nitrogens with one attached hydrogen (secondary N) is 1. The number of aromatic nitrogens is 2. The number of rotatable bonds is 4. The molecule has 8 heteroatoms. The fourth-order valence-corrected chi connectivity index (χ4v) is 3.10. The smallest absolute Gasteiger partial charge is 0.338 e. The second kappa shape index (κ2) is 7.35. The van der Waals surface area contributed by atoms with Crippen molar-refractivity contribution in [3.63, 3.8) is 0 Å². The van der Waals surface area contributed by atoms with Crippen molar-refractivity contribution in [1.82, 2.24) is 9.97 Å². The lowest BCUT2D eigenvalue weighted by molar-refractivity contribution is 0.0320. The van der Waals surface area contributed by atoms with Crippen molar-refractivity contribution in [2.45, 2.75) is 13.0 Å². The highest BCUT2D eigenvalue weighted by Crippen LogP contribution is 2.34. The van der Waals surface area contributed by atoms with Gasteiger partial charge in [0.25, 0.3) is 5.56 Å². The molecule has 134 valence electrons. The van der Waals surface area contributed by atoms with Crippen molar-refractivity contribution >= 4 is 40.1 Å². The van der Waals surface area contributed by atoms with Crippen LogP contribution in [0.4, 0.5) is 0 Å². The normalized spacial score (nSPS) is 12.0. The van der Waals surface area contributed by atoms with Crippen LogP contribution in [0.15, 0.2) is 41.2 Å². The number of carbonyl (C=O) groups is 1. The first-order valence-corrected chi connectivity index (χ1v) is 8.39. The van der Waals surface area contributed by atoms with Crippen molar-refractivity contribution in [3.8, 4) is 5.75 Å². The Morgan fingerprint density at radius 1 is 1.19 bits per heavy atom. The van der Waals surface area contributed by atoms with E-state index in [-0.39, 0.29) is 32.7 Å². The molecule has 6 nitrogen and oxygen atoms in total. The molecule has 0 saturated carbocycles. The number of carbonyl (C=O) groups excluding carboxylic acids is 1. The van der Waals surface area contributed by atoms with Gasteiger partial charge in [-0.2, -0.15) is 0 Å². The number of fused-ring (bicyclic) bond motifs is 1. The molecule has 0 aliphatic carbocycles. The van der Waals surface area contributed by atoms with Crippen molar-refractivity contribution in [1.29, 1.82) is 0 Å². The Morgan fingerprint density at radius 3 is 2.50 bits per heavy atom. The largest absolute Gasteiger partial charge is 0.494 e. The summed E-state index contributed by atoms with van der Waals surface area (Å²) in [6, 6.07) is 9.71. The van der Waals surface area contributed by atoms with E-state index < -0.39 is 12.1 Å². The number of methoxy groups -OCH3 is 1. The molecule has 3 rings (SSSR count). The minimum absolute atomic E-state index is 0.163. The molecule has 3 aromatic rings. The number of hydrogen-bond acceptors (Lipinski definition) is 5. The predicted molar refractivity (Wildman–Crippen MR) is 99.2 cm³/mol. The van der Waals surface area contributed by atoms with Crippen LogP contribution in [0.25, 0.3) is 10.9 Å². The van der Waals surface area contributed by atoms with Gasteiger partial charge in [-0.15, -0.1) is 0 Å². The van der Waals surface area contributed by atoms with Crippen molar-refractivity contribution in [2.75, 3.05) is 7.11 Å². The molecule has 1 N–H and O–H groups in total. The third-order valence-corrected chi connectivity index (χ3v) is 4.30. The summed E-state index contributed by atoms with van der Waals surface area (Å²) in [4.78, 5) is 31.5. The van der Waals surface area contributed by atoms with Gasteiger partial charge in [-0.05, 0) is 31.2 Å². The fourth-order valence-electron chi connectivity index (χ4n) is 2.45. The second-order valence-electron chi connectivity index (χ2n) is 5.49. The molecular formula is C18H14Cl2N2O4. The minimum Gasteiger partial charge on any atom is -0.494 e. The van der Waals surface area contributed by atoms with Crippen LogP contribution in [0.1, 0.15) is 29.2 Å². The average molecular weight is 393 g/mol. The van der Waals surface area contributed by atoms with E-state index in [9.17, 15) is 9.59 Å². The van der Waals surface area contributed by atoms with Gasteiger partial charge in [0.1, 0.15) is 0 Å². The number of hydrogen-bond donors (Lipinski definition) is 1. The number of halogens is 2. The lowest BCUT2D eigenvalue weighted by Gasteiger charge is -2.14. The van der Waals surface area contributed by atoms with Crippen LogP contribution in [0.3, 0.4) is 0 Å². The first-order chi connectivity index (χ1) is 12.4. The van der Waals surface area contributed by atoms with Gasteiger partial charge in [0.15, 0.2) is 17.7 Å². The van der Waals surface area contributed by atoms with Gasteiger partial charge < -0.3 is 14.5 Å². The Hall–Kier alpha value is -2.57. The van der Waals surface area contributed by atoms with E-state index in [4.69, 9.17) is 32.7 Å². The molecule has 1 aromatic heterocycles. The van der Waals surface area contributed by atoms with E-state index in [1.165, 1.54) is 19.2 Å². The SMILES string of the molecule is COc1c(Cl)cc(C(=O)O[C@H](C)c2nc3ccccc3c(=O)[nH]2)cc1Cl. The second-order valence-corrected chi connectivity index (χ2v) is 6.30. The van der Waals surface area contributed by atoms with Crippen LogP contribution in [0.2, 0.25) is 10.0 Å². The number of nitrogens with zero attached hydrogens (tertiary/aromatic N) is 1. The molecule has 2 aromatic carbocycles. The fraction of sp³-hybridized carbons (Fsp3) is 0.167. The lowest BCUT2D eigenvalue weighted by Crippen LogP contribution is -2.17. The topological polar surface area (TPSA) is 81.3 Å². The van der Waals surface area contributed by atoms with Crippen LogP contribution >= 0.6 is 23.2 Å². The zero-order valence-corrected chi connectivity index (χ0v) is 15.4. The molecular weight excluding hydrogens is 379 g/mol. The molecule has 0 unspecified atom stereocenters. The summed E-state index contributed by atoms with van der Waals surface area (Å²) in [5, 5.41) is 0.845. The van der Waals surface area contributed by atoms with E-state index in [0.717, 1.165) is 0 Å². The third kappa shape index (κ3) is 3.52. The maximum Gasteiger partial charge on any atom is 0.338 e. The number of esters is 1. The zero-order valence-electron chi connectivity index (χ0n) is 13.9. The molecule has 0 bridgehead atoms. The molecule has 1 heterocycles. The Bertz CT molecular complexity index is 1030. The van der Waals surface area contributed by atoms with Gasteiger partial charge in [-0.25, -0.2) is 9.78 Å². The molecule has 0 radical (unpaired) electrons. The van der Waals surface area contributed by atoms with E-state index in [2.05, 4.69) is 9.97 Å². The highest BCUT2D eigenvalue weighted by atomic mass is 35.5.